The molecule has 0 amide bonds. The van der Waals surface area contributed by atoms with Crippen LogP contribution in [-0.4, -0.2) is 46.2 Å². The number of methoxy groups -OCH3 is 1. The van der Waals surface area contributed by atoms with Crippen molar-refractivity contribution in [1.82, 2.24) is 9.88 Å². The largest absolute Gasteiger partial charge is 0.507 e. The van der Waals surface area contributed by atoms with Crippen molar-refractivity contribution in [2.45, 2.75) is 39.7 Å². The average molecular weight is 395 g/mol. The van der Waals surface area contributed by atoms with Crippen LogP contribution in [0.15, 0.2) is 24.3 Å². The average Bonchev–Trinajstić information content (AvgIpc) is 2.95. The maximum atomic E-state index is 13.0. The summed E-state index contributed by atoms with van der Waals surface area (Å²) in [6, 6.07) is 6.77. The number of hydrogen-bond donors (Lipinski definition) is 2. The predicted octanol–water partition coefficient (Wildman–Crippen LogP) is 3.20. The minimum atomic E-state index is -0.705. The van der Waals surface area contributed by atoms with Crippen molar-refractivity contribution >= 4 is 17.6 Å². The van der Waals surface area contributed by atoms with Gasteiger partial charge in [-0.15, -0.1) is 0 Å². The van der Waals surface area contributed by atoms with Gasteiger partial charge in [-0.05, 0) is 30.5 Å². The molecule has 0 saturated carbocycles. The Balaban J connectivity index is 1.93. The highest BCUT2D eigenvalue weighted by Crippen LogP contribution is 2.35. The van der Waals surface area contributed by atoms with Crippen molar-refractivity contribution in [2.75, 3.05) is 13.7 Å². The van der Waals surface area contributed by atoms with E-state index in [9.17, 15) is 14.7 Å². The standard InChI is InChI=1S/C22H25N3O4/c1-12-6-7-13-10-25(20(23)18(13)24-12)11-17(26)14-8-15(21(28)29-5)19(27)16(9-14)22(2,3)4/h6-9,23,27H,10-11H2,1-5H3. The molecule has 0 saturated heterocycles. The first-order valence-electron chi connectivity index (χ1n) is 9.32. The molecule has 0 atom stereocenters. The van der Waals surface area contributed by atoms with Crippen LogP contribution in [0.5, 0.6) is 5.75 Å². The van der Waals surface area contributed by atoms with Crippen LogP contribution >= 0.6 is 0 Å². The zero-order valence-electron chi connectivity index (χ0n) is 17.3. The number of phenolic OH excluding ortho intramolecular Hbond substituents is 1. The minimum absolute atomic E-state index is 0.0246. The van der Waals surface area contributed by atoms with Crippen LogP contribution in [0.3, 0.4) is 0 Å². The van der Waals surface area contributed by atoms with Crippen molar-refractivity contribution in [3.05, 3.63) is 57.9 Å². The van der Waals surface area contributed by atoms with Gasteiger partial charge in [-0.3, -0.25) is 10.2 Å². The number of pyridine rings is 1. The van der Waals surface area contributed by atoms with Gasteiger partial charge in [-0.1, -0.05) is 26.8 Å². The molecule has 0 aliphatic carbocycles. The molecule has 0 radical (unpaired) electrons. The SMILES string of the molecule is COC(=O)c1cc(C(=O)CN2Cc3ccc(C)nc3C2=N)cc(C(C)(C)C)c1O. The molecule has 0 fully saturated rings. The van der Waals surface area contributed by atoms with E-state index in [0.29, 0.717) is 23.4 Å². The molecule has 1 aromatic heterocycles. The van der Waals surface area contributed by atoms with Crippen molar-refractivity contribution in [3.63, 3.8) is 0 Å². The molecular weight excluding hydrogens is 370 g/mol. The number of nitrogens with zero attached hydrogens (tertiary/aromatic N) is 2. The van der Waals surface area contributed by atoms with Crippen LogP contribution in [0.4, 0.5) is 0 Å². The van der Waals surface area contributed by atoms with Crippen molar-refractivity contribution < 1.29 is 19.4 Å². The number of rotatable bonds is 4. The van der Waals surface area contributed by atoms with E-state index in [1.807, 2.05) is 39.8 Å². The van der Waals surface area contributed by atoms with Crippen LogP contribution in [0.25, 0.3) is 0 Å². The predicted molar refractivity (Wildman–Crippen MR) is 109 cm³/mol. The Morgan fingerprint density at radius 2 is 1.97 bits per heavy atom. The van der Waals surface area contributed by atoms with E-state index in [1.165, 1.54) is 13.2 Å². The fourth-order valence-electron chi connectivity index (χ4n) is 3.38. The summed E-state index contributed by atoms with van der Waals surface area (Å²) in [4.78, 5) is 31.2. The lowest BCUT2D eigenvalue weighted by Gasteiger charge is -2.23. The molecule has 0 spiro atoms. The number of ketones is 1. The number of aryl methyl sites for hydroxylation is 1. The number of aromatic nitrogens is 1. The second kappa shape index (κ2) is 7.31. The molecule has 3 rings (SSSR count). The third kappa shape index (κ3) is 3.85. The first kappa shape index (κ1) is 20.5. The highest BCUT2D eigenvalue weighted by Gasteiger charge is 2.30. The number of hydrogen-bond acceptors (Lipinski definition) is 6. The van der Waals surface area contributed by atoms with Crippen molar-refractivity contribution in [2.24, 2.45) is 0 Å². The van der Waals surface area contributed by atoms with Gasteiger partial charge in [0, 0.05) is 28.9 Å². The molecule has 1 aromatic carbocycles. The third-order valence-corrected chi connectivity index (χ3v) is 5.00. The lowest BCUT2D eigenvalue weighted by atomic mass is 9.83. The molecule has 2 aromatic rings. The maximum absolute atomic E-state index is 13.0. The molecule has 7 heteroatoms. The molecule has 7 nitrogen and oxygen atoms in total. The smallest absolute Gasteiger partial charge is 0.341 e. The second-order valence-electron chi connectivity index (χ2n) is 8.25. The van der Waals surface area contributed by atoms with Crippen LogP contribution < -0.4 is 0 Å². The molecule has 2 N–H and O–H groups in total. The van der Waals surface area contributed by atoms with E-state index in [2.05, 4.69) is 4.98 Å². The van der Waals surface area contributed by atoms with Gasteiger partial charge < -0.3 is 14.7 Å². The molecule has 2 heterocycles. The van der Waals surface area contributed by atoms with Crippen LogP contribution in [-0.2, 0) is 16.7 Å². The minimum Gasteiger partial charge on any atom is -0.507 e. The summed E-state index contributed by atoms with van der Waals surface area (Å²) in [5.41, 5.74) is 2.57. The summed E-state index contributed by atoms with van der Waals surface area (Å²) in [6.45, 7) is 7.93. The monoisotopic (exact) mass is 395 g/mol. The van der Waals surface area contributed by atoms with Gasteiger partial charge in [0.25, 0.3) is 0 Å². The number of benzene rings is 1. The molecule has 152 valence electrons. The maximum Gasteiger partial charge on any atom is 0.341 e. The number of aromatic hydroxyl groups is 1. The van der Waals surface area contributed by atoms with Crippen LogP contribution in [0.1, 0.15) is 64.0 Å². The summed E-state index contributed by atoms with van der Waals surface area (Å²) in [6.07, 6.45) is 0. The number of carbonyl (C=O) groups is 2. The Bertz CT molecular complexity index is 1020. The fourth-order valence-corrected chi connectivity index (χ4v) is 3.38. The lowest BCUT2D eigenvalue weighted by molar-refractivity contribution is 0.0597. The number of Topliss-reactive ketones (excluding diaryl/α,β-unsaturated/α-hetero) is 1. The van der Waals surface area contributed by atoms with Gasteiger partial charge >= 0.3 is 5.97 Å². The first-order chi connectivity index (χ1) is 13.5. The molecule has 1 aliphatic rings. The fraction of sp³-hybridized carbons (Fsp3) is 0.364. The first-order valence-corrected chi connectivity index (χ1v) is 9.32. The van der Waals surface area contributed by atoms with Crippen LogP contribution in [0, 0.1) is 12.3 Å². The molecule has 1 aliphatic heterocycles. The summed E-state index contributed by atoms with van der Waals surface area (Å²) >= 11 is 0. The Labute approximate surface area is 169 Å². The molecule has 0 unspecified atom stereocenters. The zero-order valence-corrected chi connectivity index (χ0v) is 17.3. The van der Waals surface area contributed by atoms with Gasteiger partial charge in [0.15, 0.2) is 5.78 Å². The van der Waals surface area contributed by atoms with E-state index in [-0.39, 0.29) is 29.5 Å². The number of esters is 1. The Kier molecular flexibility index (Phi) is 5.17. The number of amidine groups is 1. The van der Waals surface area contributed by atoms with Gasteiger partial charge in [-0.25, -0.2) is 9.78 Å². The van der Waals surface area contributed by atoms with Crippen molar-refractivity contribution in [1.29, 1.82) is 5.41 Å². The highest BCUT2D eigenvalue weighted by atomic mass is 16.5. The van der Waals surface area contributed by atoms with E-state index in [1.54, 1.807) is 11.0 Å². The number of ether oxygens (including phenoxy) is 1. The molecule has 29 heavy (non-hydrogen) atoms. The van der Waals surface area contributed by atoms with E-state index in [0.717, 1.165) is 11.3 Å². The number of carbonyl (C=O) groups excluding carboxylic acids is 2. The number of nitrogens with one attached hydrogen (secondary N) is 1. The number of phenols is 1. The third-order valence-electron chi connectivity index (χ3n) is 5.00. The summed E-state index contributed by atoms with van der Waals surface area (Å²) in [5.74, 6) is -0.930. The van der Waals surface area contributed by atoms with E-state index < -0.39 is 11.4 Å². The van der Waals surface area contributed by atoms with E-state index >= 15 is 0 Å². The summed E-state index contributed by atoms with van der Waals surface area (Å²) in [5, 5.41) is 18.9. The van der Waals surface area contributed by atoms with Gasteiger partial charge in [0.05, 0.1) is 13.7 Å². The zero-order chi connectivity index (χ0) is 21.5. The molecular formula is C22H25N3O4. The van der Waals surface area contributed by atoms with Gasteiger partial charge in [0.1, 0.15) is 22.8 Å². The normalized spacial score (nSPS) is 13.4. The van der Waals surface area contributed by atoms with Crippen molar-refractivity contribution in [3.8, 4) is 5.75 Å². The highest BCUT2D eigenvalue weighted by molar-refractivity contribution is 6.05. The summed E-state index contributed by atoms with van der Waals surface area (Å²) in [7, 11) is 1.23. The van der Waals surface area contributed by atoms with Gasteiger partial charge in [-0.2, -0.15) is 0 Å². The lowest BCUT2D eigenvalue weighted by Crippen LogP contribution is -2.31. The van der Waals surface area contributed by atoms with E-state index in [4.69, 9.17) is 10.1 Å². The quantitative estimate of drug-likeness (QED) is 0.609. The Morgan fingerprint density at radius 3 is 2.59 bits per heavy atom. The van der Waals surface area contributed by atoms with Gasteiger partial charge in [0.2, 0.25) is 0 Å². The van der Waals surface area contributed by atoms with Crippen LogP contribution in [0.2, 0.25) is 0 Å². The molecule has 0 bridgehead atoms. The summed E-state index contributed by atoms with van der Waals surface area (Å²) < 4.78 is 4.76. The second-order valence-corrected chi connectivity index (χ2v) is 8.25. The Morgan fingerprint density at radius 1 is 1.28 bits per heavy atom. The Hall–Kier alpha value is -3.22. The number of fused-ring (bicyclic) bond motifs is 1. The topological polar surface area (TPSA) is 104 Å².